The maximum atomic E-state index is 11.8. The van der Waals surface area contributed by atoms with Crippen molar-refractivity contribution in [3.8, 4) is 18.2 Å². The molecule has 0 N–H and O–H groups in total. The van der Waals surface area contributed by atoms with E-state index in [1.54, 1.807) is 18.2 Å². The van der Waals surface area contributed by atoms with Gasteiger partial charge in [0, 0.05) is 0 Å². The Morgan fingerprint density at radius 2 is 1.00 bits per heavy atom. The standard InChI is InChI=1S/C9H12N3O7P/c10-4-1-7-14-17-20(13,18-15-8-2-5-11)19-16-9-3-6-12/h1-3,7-9H2. The van der Waals surface area contributed by atoms with Gasteiger partial charge in [-0.3, -0.25) is 0 Å². The number of phosphoric acid groups is 1. The molecule has 20 heavy (non-hydrogen) atoms. The molecular formula is C9H12N3O7P. The second kappa shape index (κ2) is 12.5. The zero-order valence-electron chi connectivity index (χ0n) is 10.4. The maximum absolute atomic E-state index is 11.8. The molecule has 0 atom stereocenters. The number of nitriles is 3. The molecule has 0 heterocycles. The molecular weight excluding hydrogens is 293 g/mol. The molecule has 110 valence electrons. The predicted octanol–water partition coefficient (Wildman–Crippen LogP) is 1.68. The summed E-state index contributed by atoms with van der Waals surface area (Å²) >= 11 is 0. The molecule has 0 saturated carbocycles. The smallest absolute Gasteiger partial charge is 0.225 e. The van der Waals surface area contributed by atoms with Crippen LogP contribution in [0.2, 0.25) is 0 Å². The molecule has 0 aliphatic rings. The molecule has 0 aromatic carbocycles. The van der Waals surface area contributed by atoms with Crippen LogP contribution in [0, 0.1) is 34.0 Å². The van der Waals surface area contributed by atoms with Gasteiger partial charge in [-0.2, -0.15) is 15.8 Å². The summed E-state index contributed by atoms with van der Waals surface area (Å²) in [5, 5.41) is 24.8. The lowest BCUT2D eigenvalue weighted by molar-refractivity contribution is -0.323. The van der Waals surface area contributed by atoms with Crippen LogP contribution in [0.15, 0.2) is 0 Å². The summed E-state index contributed by atoms with van der Waals surface area (Å²) in [4.78, 5) is 13.3. The minimum Gasteiger partial charge on any atom is -0.225 e. The van der Waals surface area contributed by atoms with Crippen molar-refractivity contribution in [1.82, 2.24) is 0 Å². The minimum atomic E-state index is -4.33. The van der Waals surface area contributed by atoms with Crippen molar-refractivity contribution in [2.24, 2.45) is 0 Å². The number of hydrogen-bond donors (Lipinski definition) is 0. The first-order valence-electron chi connectivity index (χ1n) is 5.33. The van der Waals surface area contributed by atoms with Gasteiger partial charge in [-0.25, -0.2) is 19.2 Å². The first kappa shape index (κ1) is 18.5. The number of hydrogen-bond acceptors (Lipinski definition) is 10. The summed E-state index contributed by atoms with van der Waals surface area (Å²) < 4.78 is 24.8. The largest absolute Gasteiger partial charge is 0.556 e. The van der Waals surface area contributed by atoms with Gasteiger partial charge in [0.05, 0.1) is 57.3 Å². The lowest BCUT2D eigenvalue weighted by atomic mass is 10.5. The second-order valence-electron chi connectivity index (χ2n) is 2.86. The Hall–Kier alpha value is -1.54. The van der Waals surface area contributed by atoms with Gasteiger partial charge in [-0.1, -0.05) is 0 Å². The summed E-state index contributed by atoms with van der Waals surface area (Å²) in [6, 6.07) is 5.29. The molecule has 0 fully saturated rings. The van der Waals surface area contributed by atoms with Gasteiger partial charge >= 0.3 is 7.82 Å². The van der Waals surface area contributed by atoms with E-state index in [0.717, 1.165) is 0 Å². The van der Waals surface area contributed by atoms with Gasteiger partial charge in [0.2, 0.25) is 0 Å². The predicted molar refractivity (Wildman–Crippen MR) is 59.4 cm³/mol. The van der Waals surface area contributed by atoms with E-state index in [9.17, 15) is 4.57 Å². The molecule has 11 heteroatoms. The quantitative estimate of drug-likeness (QED) is 0.226. The van der Waals surface area contributed by atoms with E-state index in [4.69, 9.17) is 15.8 Å². The minimum absolute atomic E-state index is 0.00935. The fourth-order valence-corrected chi connectivity index (χ4v) is 1.29. The van der Waals surface area contributed by atoms with Crippen molar-refractivity contribution >= 4 is 7.82 Å². The fraction of sp³-hybridized carbons (Fsp3) is 0.667. The van der Waals surface area contributed by atoms with E-state index in [2.05, 4.69) is 28.7 Å². The lowest BCUT2D eigenvalue weighted by Crippen LogP contribution is -2.05. The van der Waals surface area contributed by atoms with Crippen LogP contribution < -0.4 is 0 Å². The number of rotatable bonds is 12. The van der Waals surface area contributed by atoms with Gasteiger partial charge in [0.1, 0.15) is 0 Å². The third-order valence-corrected chi connectivity index (χ3v) is 2.19. The van der Waals surface area contributed by atoms with E-state index in [0.29, 0.717) is 0 Å². The van der Waals surface area contributed by atoms with Crippen molar-refractivity contribution < 1.29 is 33.3 Å². The summed E-state index contributed by atoms with van der Waals surface area (Å²) in [5.41, 5.74) is 0. The maximum Gasteiger partial charge on any atom is 0.556 e. The van der Waals surface area contributed by atoms with Crippen LogP contribution in [0.1, 0.15) is 19.3 Å². The van der Waals surface area contributed by atoms with Gasteiger partial charge in [0.15, 0.2) is 0 Å². The molecule has 0 bridgehead atoms. The van der Waals surface area contributed by atoms with E-state index < -0.39 is 7.82 Å². The van der Waals surface area contributed by atoms with Crippen LogP contribution >= 0.6 is 7.82 Å². The summed E-state index contributed by atoms with van der Waals surface area (Å²) in [6.45, 7) is -0.531. The Balaban J connectivity index is 4.14. The fourth-order valence-electron chi connectivity index (χ4n) is 0.605. The highest BCUT2D eigenvalue weighted by atomic mass is 31.2. The van der Waals surface area contributed by atoms with E-state index in [-0.39, 0.29) is 39.1 Å². The SMILES string of the molecule is N#CCCOOP(=O)(OOCCC#N)OOCCC#N. The highest BCUT2D eigenvalue weighted by Crippen LogP contribution is 2.50. The van der Waals surface area contributed by atoms with Crippen molar-refractivity contribution in [3.63, 3.8) is 0 Å². The molecule has 0 aliphatic carbocycles. The van der Waals surface area contributed by atoms with Crippen molar-refractivity contribution in [3.05, 3.63) is 0 Å². The van der Waals surface area contributed by atoms with Crippen molar-refractivity contribution in [1.29, 1.82) is 15.8 Å². The Morgan fingerprint density at radius 1 is 0.700 bits per heavy atom. The summed E-state index contributed by atoms with van der Waals surface area (Å²) in [5.74, 6) is 0. The first-order valence-corrected chi connectivity index (χ1v) is 6.79. The van der Waals surface area contributed by atoms with Crippen LogP contribution in [0.3, 0.4) is 0 Å². The first-order chi connectivity index (χ1) is 9.68. The van der Waals surface area contributed by atoms with Crippen molar-refractivity contribution in [2.75, 3.05) is 19.8 Å². The molecule has 0 radical (unpaired) electrons. The van der Waals surface area contributed by atoms with E-state index >= 15 is 0 Å². The third-order valence-electron chi connectivity index (χ3n) is 1.32. The lowest BCUT2D eigenvalue weighted by Gasteiger charge is -2.13. The Morgan fingerprint density at radius 3 is 1.25 bits per heavy atom. The molecule has 0 amide bonds. The highest BCUT2D eigenvalue weighted by Gasteiger charge is 2.32. The van der Waals surface area contributed by atoms with Crippen LogP contribution in [0.25, 0.3) is 0 Å². The molecule has 0 aromatic rings. The van der Waals surface area contributed by atoms with E-state index in [1.165, 1.54) is 0 Å². The van der Waals surface area contributed by atoms with Crippen LogP contribution in [-0.4, -0.2) is 19.8 Å². The zero-order chi connectivity index (χ0) is 15.1. The average Bonchev–Trinajstić information content (AvgIpc) is 2.45. The van der Waals surface area contributed by atoms with Gasteiger partial charge < -0.3 is 0 Å². The van der Waals surface area contributed by atoms with Crippen LogP contribution in [-0.2, 0) is 33.3 Å². The van der Waals surface area contributed by atoms with Gasteiger partial charge in [-0.15, -0.1) is 14.0 Å². The molecule has 0 saturated heterocycles. The molecule has 0 rings (SSSR count). The second-order valence-corrected chi connectivity index (χ2v) is 4.20. The topological polar surface area (TPSA) is 144 Å². The monoisotopic (exact) mass is 305 g/mol. The summed E-state index contributed by atoms with van der Waals surface area (Å²) in [7, 11) is -4.33. The normalized spacial score (nSPS) is 10.4. The molecule has 0 spiro atoms. The highest BCUT2D eigenvalue weighted by molar-refractivity contribution is 7.48. The Kier molecular flexibility index (Phi) is 11.5. The third kappa shape index (κ3) is 10.4. The molecule has 0 aliphatic heterocycles. The Bertz CT molecular complexity index is 363. The zero-order valence-corrected chi connectivity index (χ0v) is 11.3. The molecule has 0 unspecified atom stereocenters. The Labute approximate surface area is 115 Å². The molecule has 0 aromatic heterocycles. The number of nitrogens with zero attached hydrogens (tertiary/aromatic N) is 3. The molecule has 10 nitrogen and oxygen atoms in total. The van der Waals surface area contributed by atoms with Crippen LogP contribution in [0.5, 0.6) is 0 Å². The van der Waals surface area contributed by atoms with E-state index in [1.807, 2.05) is 0 Å². The average molecular weight is 305 g/mol. The van der Waals surface area contributed by atoms with Crippen LogP contribution in [0.4, 0.5) is 0 Å². The summed E-state index contributed by atoms with van der Waals surface area (Å²) in [6.07, 6.45) is -0.0280. The van der Waals surface area contributed by atoms with Crippen molar-refractivity contribution in [2.45, 2.75) is 19.3 Å². The van der Waals surface area contributed by atoms with Gasteiger partial charge in [-0.05, 0) is 0 Å². The van der Waals surface area contributed by atoms with Gasteiger partial charge in [0.25, 0.3) is 0 Å².